The Labute approximate surface area is 85.3 Å². The molecule has 1 saturated heterocycles. The van der Waals surface area contributed by atoms with Gasteiger partial charge in [-0.15, -0.1) is 0 Å². The summed E-state index contributed by atoms with van der Waals surface area (Å²) in [4.78, 5) is 0. The van der Waals surface area contributed by atoms with Crippen molar-refractivity contribution in [2.24, 2.45) is 0 Å². The summed E-state index contributed by atoms with van der Waals surface area (Å²) in [5, 5.41) is 3.42. The highest BCUT2D eigenvalue weighted by atomic mass is 16.5. The van der Waals surface area contributed by atoms with Gasteiger partial charge in [0.2, 0.25) is 0 Å². The average molecular weight is 191 g/mol. The van der Waals surface area contributed by atoms with Gasteiger partial charge >= 0.3 is 0 Å². The van der Waals surface area contributed by atoms with E-state index in [2.05, 4.69) is 24.4 Å². The van der Waals surface area contributed by atoms with E-state index in [0.29, 0.717) is 6.04 Å². The number of hydrogen-bond donors (Lipinski definition) is 1. The second kappa shape index (κ2) is 4.47. The summed E-state index contributed by atoms with van der Waals surface area (Å²) in [6, 6.07) is 8.76. The van der Waals surface area contributed by atoms with E-state index in [1.807, 2.05) is 12.1 Å². The SMILES string of the molecule is Cc1cccc(OC[C@H]2CCCN2)c1. The highest BCUT2D eigenvalue weighted by molar-refractivity contribution is 5.27. The van der Waals surface area contributed by atoms with Crippen molar-refractivity contribution in [1.29, 1.82) is 0 Å². The fraction of sp³-hybridized carbons (Fsp3) is 0.500. The topological polar surface area (TPSA) is 21.3 Å². The predicted molar refractivity (Wildman–Crippen MR) is 57.7 cm³/mol. The van der Waals surface area contributed by atoms with E-state index in [9.17, 15) is 0 Å². The Balaban J connectivity index is 1.85. The van der Waals surface area contributed by atoms with Crippen LogP contribution < -0.4 is 10.1 Å². The van der Waals surface area contributed by atoms with Crippen LogP contribution in [-0.2, 0) is 0 Å². The highest BCUT2D eigenvalue weighted by Crippen LogP contribution is 2.14. The molecule has 14 heavy (non-hydrogen) atoms. The first-order chi connectivity index (χ1) is 6.84. The van der Waals surface area contributed by atoms with Crippen LogP contribution in [0.15, 0.2) is 24.3 Å². The highest BCUT2D eigenvalue weighted by Gasteiger charge is 2.14. The maximum absolute atomic E-state index is 5.71. The first-order valence-corrected chi connectivity index (χ1v) is 5.27. The summed E-state index contributed by atoms with van der Waals surface area (Å²) in [5.74, 6) is 0.985. The van der Waals surface area contributed by atoms with E-state index in [1.165, 1.54) is 18.4 Å². The summed E-state index contributed by atoms with van der Waals surface area (Å²) in [6.07, 6.45) is 2.52. The standard InChI is InChI=1S/C12H17NO/c1-10-4-2-6-12(8-10)14-9-11-5-3-7-13-11/h2,4,6,8,11,13H,3,5,7,9H2,1H3/t11-/m1/s1. The molecule has 1 N–H and O–H groups in total. The van der Waals surface area contributed by atoms with E-state index < -0.39 is 0 Å². The Hall–Kier alpha value is -1.02. The molecule has 1 aliphatic heterocycles. The third kappa shape index (κ3) is 2.48. The lowest BCUT2D eigenvalue weighted by Crippen LogP contribution is -2.28. The molecule has 1 heterocycles. The zero-order valence-electron chi connectivity index (χ0n) is 8.62. The molecule has 0 aliphatic carbocycles. The zero-order valence-corrected chi connectivity index (χ0v) is 8.62. The zero-order chi connectivity index (χ0) is 9.80. The van der Waals surface area contributed by atoms with Crippen LogP contribution in [0.4, 0.5) is 0 Å². The van der Waals surface area contributed by atoms with Crippen LogP contribution in [0.1, 0.15) is 18.4 Å². The Morgan fingerprint density at radius 1 is 1.50 bits per heavy atom. The van der Waals surface area contributed by atoms with Gasteiger partial charge in [-0.2, -0.15) is 0 Å². The van der Waals surface area contributed by atoms with Crippen molar-refractivity contribution in [2.75, 3.05) is 13.2 Å². The van der Waals surface area contributed by atoms with Gasteiger partial charge in [0.05, 0.1) is 0 Å². The molecule has 0 aromatic heterocycles. The summed E-state index contributed by atoms with van der Waals surface area (Å²) < 4.78 is 5.71. The molecule has 2 rings (SSSR count). The van der Waals surface area contributed by atoms with Gasteiger partial charge in [0.15, 0.2) is 0 Å². The minimum absolute atomic E-state index is 0.551. The third-order valence-electron chi connectivity index (χ3n) is 2.60. The molecule has 1 fully saturated rings. The minimum Gasteiger partial charge on any atom is -0.492 e. The first kappa shape index (κ1) is 9.53. The largest absolute Gasteiger partial charge is 0.492 e. The van der Waals surface area contributed by atoms with Crippen molar-refractivity contribution in [3.05, 3.63) is 29.8 Å². The molecule has 0 spiro atoms. The van der Waals surface area contributed by atoms with Gasteiger partial charge in [0, 0.05) is 6.04 Å². The van der Waals surface area contributed by atoms with Crippen molar-refractivity contribution in [3.8, 4) is 5.75 Å². The lowest BCUT2D eigenvalue weighted by Gasteiger charge is -2.12. The number of aryl methyl sites for hydroxylation is 1. The van der Waals surface area contributed by atoms with Gasteiger partial charge < -0.3 is 10.1 Å². The maximum Gasteiger partial charge on any atom is 0.119 e. The summed E-state index contributed by atoms with van der Waals surface area (Å²) in [6.45, 7) is 4.02. The average Bonchev–Trinajstić information content (AvgIpc) is 2.67. The Morgan fingerprint density at radius 2 is 2.43 bits per heavy atom. The van der Waals surface area contributed by atoms with Crippen molar-refractivity contribution in [2.45, 2.75) is 25.8 Å². The molecule has 0 amide bonds. The van der Waals surface area contributed by atoms with Gasteiger partial charge in [0.1, 0.15) is 12.4 Å². The Bertz CT molecular complexity index is 292. The first-order valence-electron chi connectivity index (χ1n) is 5.27. The summed E-state index contributed by atoms with van der Waals surface area (Å²) in [7, 11) is 0. The van der Waals surface area contributed by atoms with Crippen molar-refractivity contribution >= 4 is 0 Å². The van der Waals surface area contributed by atoms with Crippen LogP contribution in [0.5, 0.6) is 5.75 Å². The summed E-state index contributed by atoms with van der Waals surface area (Å²) >= 11 is 0. The van der Waals surface area contributed by atoms with E-state index in [1.54, 1.807) is 0 Å². The number of ether oxygens (including phenoxy) is 1. The van der Waals surface area contributed by atoms with Crippen LogP contribution in [0.3, 0.4) is 0 Å². The van der Waals surface area contributed by atoms with Gasteiger partial charge in [0.25, 0.3) is 0 Å². The molecule has 76 valence electrons. The van der Waals surface area contributed by atoms with Crippen LogP contribution in [0.25, 0.3) is 0 Å². The van der Waals surface area contributed by atoms with Crippen LogP contribution in [0, 0.1) is 6.92 Å². The molecule has 1 aliphatic rings. The normalized spacial score (nSPS) is 21.1. The minimum atomic E-state index is 0.551. The second-order valence-electron chi connectivity index (χ2n) is 3.92. The third-order valence-corrected chi connectivity index (χ3v) is 2.60. The van der Waals surface area contributed by atoms with Crippen molar-refractivity contribution in [3.63, 3.8) is 0 Å². The number of benzene rings is 1. The quantitative estimate of drug-likeness (QED) is 0.790. The molecule has 1 atom stereocenters. The summed E-state index contributed by atoms with van der Waals surface area (Å²) in [5.41, 5.74) is 1.25. The van der Waals surface area contributed by atoms with Crippen molar-refractivity contribution in [1.82, 2.24) is 5.32 Å². The maximum atomic E-state index is 5.71. The van der Waals surface area contributed by atoms with Gasteiger partial charge in [-0.3, -0.25) is 0 Å². The molecule has 2 nitrogen and oxygen atoms in total. The smallest absolute Gasteiger partial charge is 0.119 e. The predicted octanol–water partition coefficient (Wildman–Crippen LogP) is 2.13. The van der Waals surface area contributed by atoms with Crippen LogP contribution in [-0.4, -0.2) is 19.2 Å². The molecule has 2 heteroatoms. The monoisotopic (exact) mass is 191 g/mol. The number of nitrogens with one attached hydrogen (secondary N) is 1. The molecular weight excluding hydrogens is 174 g/mol. The van der Waals surface area contributed by atoms with E-state index >= 15 is 0 Å². The molecular formula is C12H17NO. The molecule has 1 aromatic rings. The number of rotatable bonds is 3. The van der Waals surface area contributed by atoms with Gasteiger partial charge in [-0.25, -0.2) is 0 Å². The molecule has 0 saturated carbocycles. The molecule has 1 aromatic carbocycles. The van der Waals surface area contributed by atoms with Crippen molar-refractivity contribution < 1.29 is 4.74 Å². The fourth-order valence-electron chi connectivity index (χ4n) is 1.80. The molecule has 0 bridgehead atoms. The van der Waals surface area contributed by atoms with E-state index in [-0.39, 0.29) is 0 Å². The lowest BCUT2D eigenvalue weighted by atomic mass is 10.2. The van der Waals surface area contributed by atoms with E-state index in [0.717, 1.165) is 18.9 Å². The fourth-order valence-corrected chi connectivity index (χ4v) is 1.80. The molecule has 0 unspecified atom stereocenters. The van der Waals surface area contributed by atoms with Crippen LogP contribution in [0.2, 0.25) is 0 Å². The lowest BCUT2D eigenvalue weighted by molar-refractivity contribution is 0.277. The Morgan fingerprint density at radius 3 is 3.14 bits per heavy atom. The second-order valence-corrected chi connectivity index (χ2v) is 3.92. The van der Waals surface area contributed by atoms with Gasteiger partial charge in [-0.05, 0) is 44.0 Å². The van der Waals surface area contributed by atoms with Gasteiger partial charge in [-0.1, -0.05) is 12.1 Å². The molecule has 0 radical (unpaired) electrons. The number of hydrogen-bond acceptors (Lipinski definition) is 2. The Kier molecular flexibility index (Phi) is 3.04. The van der Waals surface area contributed by atoms with Crippen LogP contribution >= 0.6 is 0 Å². The van der Waals surface area contributed by atoms with E-state index in [4.69, 9.17) is 4.74 Å².